The van der Waals surface area contributed by atoms with Gasteiger partial charge in [-0.15, -0.1) is 0 Å². The molecule has 7 nitrogen and oxygen atoms in total. The Hall–Kier alpha value is -3.66. The van der Waals surface area contributed by atoms with Crippen LogP contribution in [0.25, 0.3) is 0 Å². The van der Waals surface area contributed by atoms with Gasteiger partial charge in [0.15, 0.2) is 0 Å². The van der Waals surface area contributed by atoms with Crippen molar-refractivity contribution in [2.45, 2.75) is 23.1 Å². The molecule has 1 aliphatic rings. The molecule has 1 fully saturated rings. The lowest BCUT2D eigenvalue weighted by Gasteiger charge is -2.34. The molecule has 0 N–H and O–H groups in total. The number of benzene rings is 2. The highest BCUT2D eigenvalue weighted by atomic mass is 35.5. The number of amides is 1. The zero-order chi connectivity index (χ0) is 27.2. The van der Waals surface area contributed by atoms with Crippen molar-refractivity contribution < 1.29 is 18.3 Å². The van der Waals surface area contributed by atoms with Crippen molar-refractivity contribution in [2.24, 2.45) is 0 Å². The van der Waals surface area contributed by atoms with E-state index in [2.05, 4.69) is 9.88 Å². The van der Waals surface area contributed by atoms with Gasteiger partial charge in [-0.25, -0.2) is 9.37 Å². The molecule has 0 bridgehead atoms. The van der Waals surface area contributed by atoms with Gasteiger partial charge in [-0.3, -0.25) is 14.5 Å². The summed E-state index contributed by atoms with van der Waals surface area (Å²) < 4.78 is 24.5. The number of pyridine rings is 1. The third kappa shape index (κ3) is 7.06. The number of piperazine rings is 1. The predicted molar refractivity (Wildman–Crippen MR) is 147 cm³/mol. The zero-order valence-electron chi connectivity index (χ0n) is 20.9. The fourth-order valence-corrected chi connectivity index (χ4v) is 5.16. The van der Waals surface area contributed by atoms with Gasteiger partial charge >= 0.3 is 0 Å². The van der Waals surface area contributed by atoms with Crippen LogP contribution in [-0.2, 0) is 13.2 Å². The summed E-state index contributed by atoms with van der Waals surface area (Å²) >= 11 is 7.41. The molecule has 0 radical (unpaired) electrons. The van der Waals surface area contributed by atoms with E-state index in [0.717, 1.165) is 4.90 Å². The summed E-state index contributed by atoms with van der Waals surface area (Å²) in [5.41, 5.74) is 0.877. The van der Waals surface area contributed by atoms with Crippen molar-refractivity contribution >= 4 is 29.3 Å². The fourth-order valence-electron chi connectivity index (χ4n) is 4.16. The number of hydrogen-bond donors (Lipinski definition) is 0. The fraction of sp³-hybridized carbons (Fsp3) is 0.207. The molecule has 1 amide bonds. The topological polar surface area (TPSA) is 75.9 Å². The van der Waals surface area contributed by atoms with Crippen molar-refractivity contribution in [3.63, 3.8) is 0 Å². The van der Waals surface area contributed by atoms with Crippen LogP contribution in [0.1, 0.15) is 21.7 Å². The summed E-state index contributed by atoms with van der Waals surface area (Å²) in [6, 6.07) is 18.4. The van der Waals surface area contributed by atoms with E-state index in [1.807, 2.05) is 29.2 Å². The minimum atomic E-state index is -0.363. The summed E-state index contributed by atoms with van der Waals surface area (Å²) in [5.74, 6) is 0.150. The third-order valence-corrected chi connectivity index (χ3v) is 7.48. The zero-order valence-corrected chi connectivity index (χ0v) is 22.5. The van der Waals surface area contributed by atoms with E-state index >= 15 is 0 Å². The minimum absolute atomic E-state index is 0.0642. The maximum atomic E-state index is 13.3. The van der Waals surface area contributed by atoms with E-state index in [0.29, 0.717) is 59.7 Å². The number of halogens is 2. The van der Waals surface area contributed by atoms with Crippen LogP contribution in [0.15, 0.2) is 98.3 Å². The molecule has 0 unspecified atom stereocenters. The van der Waals surface area contributed by atoms with Gasteiger partial charge in [-0.05, 0) is 54.1 Å². The number of aromatic nitrogens is 1. The molecular weight excluding hydrogens is 541 g/mol. The highest BCUT2D eigenvalue weighted by molar-refractivity contribution is 7.99. The van der Waals surface area contributed by atoms with Crippen molar-refractivity contribution in [1.82, 2.24) is 14.8 Å². The summed E-state index contributed by atoms with van der Waals surface area (Å²) in [4.78, 5) is 35.2. The first-order valence-electron chi connectivity index (χ1n) is 12.3. The highest BCUT2D eigenvalue weighted by Gasteiger charge is 2.25. The lowest BCUT2D eigenvalue weighted by Crippen LogP contribution is -2.48. The van der Waals surface area contributed by atoms with Crippen molar-refractivity contribution in [2.75, 3.05) is 26.2 Å². The van der Waals surface area contributed by atoms with Gasteiger partial charge in [-0.2, -0.15) is 0 Å². The second-order valence-electron chi connectivity index (χ2n) is 8.97. The second kappa shape index (κ2) is 12.5. The number of hydrogen-bond acceptors (Lipinski definition) is 7. The molecule has 3 heterocycles. The second-order valence-corrected chi connectivity index (χ2v) is 10.5. The maximum absolute atomic E-state index is 13.3. The van der Waals surface area contributed by atoms with E-state index in [4.69, 9.17) is 20.8 Å². The van der Waals surface area contributed by atoms with Crippen molar-refractivity contribution in [3.8, 4) is 5.75 Å². The Morgan fingerprint density at radius 1 is 1.05 bits per heavy atom. The van der Waals surface area contributed by atoms with E-state index in [9.17, 15) is 14.0 Å². The number of carbonyl (C=O) groups excluding carboxylic acids is 1. The molecule has 1 saturated heterocycles. The number of nitrogens with zero attached hydrogens (tertiary/aromatic N) is 3. The molecule has 0 aliphatic carbocycles. The molecule has 5 rings (SSSR count). The molecule has 39 heavy (non-hydrogen) atoms. The first-order chi connectivity index (χ1) is 18.9. The molecule has 200 valence electrons. The van der Waals surface area contributed by atoms with Gasteiger partial charge in [0, 0.05) is 48.4 Å². The minimum Gasteiger partial charge on any atom is -0.482 e. The summed E-state index contributed by atoms with van der Waals surface area (Å²) in [6.45, 7) is 2.84. The van der Waals surface area contributed by atoms with Crippen LogP contribution < -0.4 is 10.2 Å². The van der Waals surface area contributed by atoms with Crippen molar-refractivity contribution in [3.05, 3.63) is 117 Å². The lowest BCUT2D eigenvalue weighted by molar-refractivity contribution is 0.0615. The van der Waals surface area contributed by atoms with Crippen LogP contribution in [0.3, 0.4) is 0 Å². The normalized spacial score (nSPS) is 13.8. The molecule has 0 atom stereocenters. The molecule has 2 aromatic carbocycles. The first kappa shape index (κ1) is 26.9. The monoisotopic (exact) mass is 565 g/mol. The number of ether oxygens (including phenoxy) is 1. The number of carbonyl (C=O) groups is 1. The van der Waals surface area contributed by atoms with Crippen LogP contribution in [0.4, 0.5) is 4.39 Å². The van der Waals surface area contributed by atoms with Crippen LogP contribution in [0.5, 0.6) is 5.75 Å². The summed E-state index contributed by atoms with van der Waals surface area (Å²) in [6.07, 6.45) is 2.97. The van der Waals surface area contributed by atoms with Gasteiger partial charge in [0.25, 0.3) is 5.91 Å². The maximum Gasteiger partial charge on any atom is 0.256 e. The standard InChI is InChI=1S/C29H25ClFN3O4S/c30-21-6-8-24(9-7-21)39-28-25(5-2-10-32-28)29(36)34-13-11-33(12-14-34)17-23-16-26(35)27(19-37-23)38-18-20-3-1-4-22(31)15-20/h1-10,15-16,19H,11-14,17-18H2. The molecular formula is C29H25ClFN3O4S. The average molecular weight is 566 g/mol. The lowest BCUT2D eigenvalue weighted by atomic mass is 10.2. The largest absolute Gasteiger partial charge is 0.482 e. The predicted octanol–water partition coefficient (Wildman–Crippen LogP) is 5.52. The van der Waals surface area contributed by atoms with E-state index in [1.54, 1.807) is 30.5 Å². The summed E-state index contributed by atoms with van der Waals surface area (Å²) in [7, 11) is 0. The van der Waals surface area contributed by atoms with Crippen LogP contribution in [0.2, 0.25) is 5.02 Å². The molecule has 0 spiro atoms. The smallest absolute Gasteiger partial charge is 0.256 e. The quantitative estimate of drug-likeness (QED) is 0.279. The van der Waals surface area contributed by atoms with Crippen LogP contribution in [0, 0.1) is 5.82 Å². The Balaban J connectivity index is 1.15. The first-order valence-corrected chi connectivity index (χ1v) is 13.5. The Morgan fingerprint density at radius 3 is 2.59 bits per heavy atom. The molecule has 0 saturated carbocycles. The molecule has 10 heteroatoms. The Morgan fingerprint density at radius 2 is 1.85 bits per heavy atom. The third-order valence-electron chi connectivity index (χ3n) is 6.20. The highest BCUT2D eigenvalue weighted by Crippen LogP contribution is 2.30. The van der Waals surface area contributed by atoms with E-state index < -0.39 is 0 Å². The van der Waals surface area contributed by atoms with Gasteiger partial charge in [0.1, 0.15) is 29.5 Å². The molecule has 2 aromatic heterocycles. The van der Waals surface area contributed by atoms with E-state index in [1.165, 1.54) is 36.2 Å². The number of rotatable bonds is 8. The van der Waals surface area contributed by atoms with Gasteiger partial charge in [0.05, 0.1) is 12.1 Å². The Labute approximate surface area is 234 Å². The van der Waals surface area contributed by atoms with Crippen LogP contribution in [-0.4, -0.2) is 46.9 Å². The van der Waals surface area contributed by atoms with Crippen LogP contribution >= 0.6 is 23.4 Å². The average Bonchev–Trinajstić information content (AvgIpc) is 2.94. The van der Waals surface area contributed by atoms with Crippen molar-refractivity contribution in [1.29, 1.82) is 0 Å². The molecule has 1 aliphatic heterocycles. The van der Waals surface area contributed by atoms with Gasteiger partial charge < -0.3 is 14.1 Å². The Bertz CT molecular complexity index is 1510. The van der Waals surface area contributed by atoms with Gasteiger partial charge in [0.2, 0.25) is 11.2 Å². The van der Waals surface area contributed by atoms with Gasteiger partial charge in [-0.1, -0.05) is 35.5 Å². The Kier molecular flexibility index (Phi) is 8.61. The summed E-state index contributed by atoms with van der Waals surface area (Å²) in [5, 5.41) is 1.30. The SMILES string of the molecule is O=C(c1cccnc1Sc1ccc(Cl)cc1)N1CCN(Cc2cc(=O)c(OCc3cccc(F)c3)co2)CC1. The van der Waals surface area contributed by atoms with E-state index in [-0.39, 0.29) is 29.5 Å². The molecule has 4 aromatic rings.